The molecule has 0 aromatic heterocycles. The lowest BCUT2D eigenvalue weighted by Crippen LogP contribution is -2.52. The van der Waals surface area contributed by atoms with E-state index in [1.165, 1.54) is 6.08 Å². The third-order valence-corrected chi connectivity index (χ3v) is 6.21. The largest absolute Gasteiger partial charge is 0.490 e. The second kappa shape index (κ2) is 11.8. The Kier molecular flexibility index (Phi) is 9.57. The van der Waals surface area contributed by atoms with Gasteiger partial charge in [-0.1, -0.05) is 19.9 Å². The summed E-state index contributed by atoms with van der Waals surface area (Å²) < 4.78 is 10.7. The second-order valence-electron chi connectivity index (χ2n) is 11.0. The maximum Gasteiger partial charge on any atom is 0.330 e. The third kappa shape index (κ3) is 7.99. The number of carbonyl (C=O) groups is 4. The molecule has 10 nitrogen and oxygen atoms in total. The highest BCUT2D eigenvalue weighted by Crippen LogP contribution is 2.51. The highest BCUT2D eigenvalue weighted by Gasteiger charge is 2.59. The van der Waals surface area contributed by atoms with Crippen LogP contribution in [0, 0.1) is 17.8 Å². The molecule has 3 amide bonds. The van der Waals surface area contributed by atoms with E-state index in [0.29, 0.717) is 25.8 Å². The summed E-state index contributed by atoms with van der Waals surface area (Å²) in [6.07, 6.45) is 4.45. The van der Waals surface area contributed by atoms with Crippen LogP contribution in [0.3, 0.4) is 0 Å². The number of esters is 1. The number of allylic oxidation sites excluding steroid dienone is 1. The Balaban J connectivity index is 2.23. The van der Waals surface area contributed by atoms with Gasteiger partial charge in [-0.3, -0.25) is 14.4 Å². The van der Waals surface area contributed by atoms with E-state index in [9.17, 15) is 19.2 Å². The van der Waals surface area contributed by atoms with E-state index in [2.05, 4.69) is 16.0 Å². The van der Waals surface area contributed by atoms with Crippen LogP contribution in [-0.2, 0) is 28.7 Å². The van der Waals surface area contributed by atoms with E-state index in [4.69, 9.17) is 15.2 Å². The van der Waals surface area contributed by atoms with E-state index in [-0.39, 0.29) is 41.7 Å². The predicted molar refractivity (Wildman–Crippen MR) is 135 cm³/mol. The van der Waals surface area contributed by atoms with Crippen molar-refractivity contribution in [3.63, 3.8) is 0 Å². The zero-order valence-electron chi connectivity index (χ0n) is 22.5. The van der Waals surface area contributed by atoms with Gasteiger partial charge in [0.05, 0.1) is 12.1 Å². The highest BCUT2D eigenvalue weighted by molar-refractivity contribution is 5.97. The van der Waals surface area contributed by atoms with Gasteiger partial charge in [0.2, 0.25) is 11.8 Å². The second-order valence-corrected chi connectivity index (χ2v) is 11.0. The number of nitrogens with one attached hydrogen (secondary N) is 3. The Morgan fingerprint density at radius 3 is 2.47 bits per heavy atom. The molecule has 1 saturated heterocycles. The van der Waals surface area contributed by atoms with Crippen molar-refractivity contribution in [1.29, 1.82) is 0 Å². The van der Waals surface area contributed by atoms with Gasteiger partial charge in [0.25, 0.3) is 5.91 Å². The van der Waals surface area contributed by atoms with Crippen molar-refractivity contribution in [2.75, 3.05) is 13.2 Å². The first-order chi connectivity index (χ1) is 16.7. The lowest BCUT2D eigenvalue weighted by molar-refractivity contribution is -0.137. The quantitative estimate of drug-likeness (QED) is 0.189. The van der Waals surface area contributed by atoms with Crippen LogP contribution in [-0.4, -0.2) is 54.0 Å². The van der Waals surface area contributed by atoms with Crippen molar-refractivity contribution in [1.82, 2.24) is 16.0 Å². The van der Waals surface area contributed by atoms with Crippen LogP contribution in [0.2, 0.25) is 0 Å². The van der Waals surface area contributed by atoms with Crippen molar-refractivity contribution < 1.29 is 28.7 Å². The van der Waals surface area contributed by atoms with Gasteiger partial charge in [-0.05, 0) is 65.7 Å². The Hall–Kier alpha value is -3.04. The molecule has 10 heteroatoms. The van der Waals surface area contributed by atoms with E-state index in [0.717, 1.165) is 0 Å². The fraction of sp³-hybridized carbons (Fsp3) is 0.692. The molecule has 36 heavy (non-hydrogen) atoms. The molecule has 1 heterocycles. The molecule has 1 aliphatic heterocycles. The number of rotatable bonds is 11. The molecular weight excluding hydrogens is 464 g/mol. The summed E-state index contributed by atoms with van der Waals surface area (Å²) in [4.78, 5) is 50.6. The summed E-state index contributed by atoms with van der Waals surface area (Å²) in [5.41, 5.74) is 4.51. The van der Waals surface area contributed by atoms with Crippen LogP contribution in [0.4, 0.5) is 0 Å². The average Bonchev–Trinajstić information content (AvgIpc) is 3.28. The first-order valence-corrected chi connectivity index (χ1v) is 12.6. The number of nitrogens with two attached hydrogens (primary N) is 1. The molecule has 4 atom stereocenters. The molecule has 5 N–H and O–H groups in total. The van der Waals surface area contributed by atoms with E-state index in [1.807, 2.05) is 34.6 Å². The molecule has 0 bridgehead atoms. The molecule has 2 aliphatic rings. The number of hydrogen-bond acceptors (Lipinski definition) is 7. The van der Waals surface area contributed by atoms with Gasteiger partial charge in [-0.25, -0.2) is 4.79 Å². The maximum atomic E-state index is 13.4. The van der Waals surface area contributed by atoms with E-state index in [1.54, 1.807) is 19.9 Å². The molecule has 1 saturated carbocycles. The summed E-state index contributed by atoms with van der Waals surface area (Å²) in [5, 5.41) is 8.57. The molecule has 2 fully saturated rings. The van der Waals surface area contributed by atoms with Crippen molar-refractivity contribution in [2.24, 2.45) is 23.5 Å². The summed E-state index contributed by atoms with van der Waals surface area (Å²) >= 11 is 0. The summed E-state index contributed by atoms with van der Waals surface area (Å²) in [5.74, 6) is -1.63. The van der Waals surface area contributed by atoms with Gasteiger partial charge in [0.15, 0.2) is 0 Å². The number of amides is 3. The highest BCUT2D eigenvalue weighted by atomic mass is 16.5. The monoisotopic (exact) mass is 506 g/mol. The van der Waals surface area contributed by atoms with E-state index >= 15 is 0 Å². The van der Waals surface area contributed by atoms with Crippen molar-refractivity contribution in [3.8, 4) is 0 Å². The first-order valence-electron chi connectivity index (χ1n) is 12.6. The van der Waals surface area contributed by atoms with Crippen molar-refractivity contribution >= 4 is 23.7 Å². The molecule has 0 radical (unpaired) electrons. The topological polar surface area (TPSA) is 149 Å². The van der Waals surface area contributed by atoms with Gasteiger partial charge in [0, 0.05) is 18.5 Å². The standard InChI is InChI=1S/C26H42N4O6/c1-8-35-20(31)9-11-26(14-18(26)17-10-12-28-22(17)32)30-23(33)19(13-15(2)3)29-24(34)21(27)16(4)36-25(5,6)7/h9,11,15,17-19H,8,10,12-14,27H2,1-7H3,(H,28,32)(H,29,34)(H,30,33)/b11-9+,21-16+/t17-,18?,19-,26?/m0/s1. The summed E-state index contributed by atoms with van der Waals surface area (Å²) in [6.45, 7) is 13.5. The molecule has 0 aromatic rings. The normalized spacial score (nSPS) is 25.2. The van der Waals surface area contributed by atoms with Crippen LogP contribution in [0.15, 0.2) is 23.6 Å². The van der Waals surface area contributed by atoms with Crippen LogP contribution in [0.1, 0.15) is 67.7 Å². The number of carbonyl (C=O) groups excluding carboxylic acids is 4. The van der Waals surface area contributed by atoms with Crippen LogP contribution in [0.5, 0.6) is 0 Å². The molecular formula is C26H42N4O6. The van der Waals surface area contributed by atoms with Gasteiger partial charge >= 0.3 is 5.97 Å². The lowest BCUT2D eigenvalue weighted by Gasteiger charge is -2.26. The number of hydrogen-bond donors (Lipinski definition) is 4. The molecule has 0 spiro atoms. The maximum absolute atomic E-state index is 13.4. The Labute approximate surface area is 213 Å². The first kappa shape index (κ1) is 29.2. The fourth-order valence-electron chi connectivity index (χ4n) is 4.52. The smallest absolute Gasteiger partial charge is 0.330 e. The minimum absolute atomic E-state index is 0.0556. The fourth-order valence-corrected chi connectivity index (χ4v) is 4.52. The van der Waals surface area contributed by atoms with Gasteiger partial charge < -0.3 is 31.2 Å². The Bertz CT molecular complexity index is 920. The molecule has 1 aliphatic carbocycles. The Morgan fingerprint density at radius 2 is 1.94 bits per heavy atom. The predicted octanol–water partition coefficient (Wildman–Crippen LogP) is 1.65. The van der Waals surface area contributed by atoms with Crippen LogP contribution in [0.25, 0.3) is 0 Å². The zero-order chi connectivity index (χ0) is 27.3. The molecule has 2 rings (SSSR count). The summed E-state index contributed by atoms with van der Waals surface area (Å²) in [7, 11) is 0. The van der Waals surface area contributed by atoms with Gasteiger partial charge in [-0.15, -0.1) is 0 Å². The van der Waals surface area contributed by atoms with Crippen LogP contribution < -0.4 is 21.7 Å². The van der Waals surface area contributed by atoms with E-state index < -0.39 is 35.0 Å². The lowest BCUT2D eigenvalue weighted by atomic mass is 9.96. The molecule has 0 aromatic carbocycles. The number of ether oxygens (including phenoxy) is 2. The van der Waals surface area contributed by atoms with Gasteiger partial charge in [-0.2, -0.15) is 0 Å². The molecule has 2 unspecified atom stereocenters. The SMILES string of the molecule is CCOC(=O)/C=C/C1(NC(=O)[C@H](CC(C)C)NC(=O)/C(N)=C(/C)OC(C)(C)C)CC1[C@@H]1CCNC1=O. The average molecular weight is 507 g/mol. The minimum Gasteiger partial charge on any atom is -0.490 e. The third-order valence-electron chi connectivity index (χ3n) is 6.21. The van der Waals surface area contributed by atoms with Crippen molar-refractivity contribution in [3.05, 3.63) is 23.6 Å². The van der Waals surface area contributed by atoms with Crippen LogP contribution >= 0.6 is 0 Å². The van der Waals surface area contributed by atoms with Crippen molar-refractivity contribution in [2.45, 2.75) is 84.9 Å². The zero-order valence-corrected chi connectivity index (χ0v) is 22.5. The summed E-state index contributed by atoms with van der Waals surface area (Å²) in [6, 6.07) is -0.870. The minimum atomic E-state index is -0.872. The Morgan fingerprint density at radius 1 is 1.28 bits per heavy atom. The van der Waals surface area contributed by atoms with Gasteiger partial charge in [0.1, 0.15) is 23.1 Å². The molecule has 202 valence electrons.